The number of aromatic nitrogens is 3. The summed E-state index contributed by atoms with van der Waals surface area (Å²) in [6.45, 7) is 8.44. The Morgan fingerprint density at radius 3 is 2.47 bits per heavy atom. The standard InChI is InChI=1S/C28H29ClN4O3/c1-15(2)33-24(19-11-16(3)26-21(12-19)17(4)32-36-26)13-22(18-7-9-20(29)10-8-18)25(33)23-14-30-28(35-6)31-27(23)34-5/h7-15,24-25H,1-6H3. The molecule has 0 N–H and O–H groups in total. The van der Waals surface area contributed by atoms with E-state index in [1.165, 1.54) is 5.56 Å². The zero-order valence-electron chi connectivity index (χ0n) is 21.2. The molecular formula is C28H29ClN4O3. The molecule has 0 fully saturated rings. The number of hydrogen-bond acceptors (Lipinski definition) is 7. The number of hydrogen-bond donors (Lipinski definition) is 0. The fourth-order valence-corrected chi connectivity index (χ4v) is 5.24. The van der Waals surface area contributed by atoms with E-state index < -0.39 is 0 Å². The van der Waals surface area contributed by atoms with Gasteiger partial charge >= 0.3 is 6.01 Å². The fraction of sp³-hybridized carbons (Fsp3) is 0.321. The summed E-state index contributed by atoms with van der Waals surface area (Å²) < 4.78 is 16.6. The maximum absolute atomic E-state index is 6.23. The summed E-state index contributed by atoms with van der Waals surface area (Å²) >= 11 is 6.23. The van der Waals surface area contributed by atoms with Gasteiger partial charge in [-0.3, -0.25) is 4.90 Å². The van der Waals surface area contributed by atoms with E-state index in [0.717, 1.165) is 38.9 Å². The molecule has 0 spiro atoms. The summed E-state index contributed by atoms with van der Waals surface area (Å²) in [7, 11) is 3.17. The molecule has 0 radical (unpaired) electrons. The van der Waals surface area contributed by atoms with Gasteiger partial charge in [-0.25, -0.2) is 4.98 Å². The van der Waals surface area contributed by atoms with E-state index in [-0.39, 0.29) is 24.1 Å². The number of methoxy groups -OCH3 is 2. The number of ether oxygens (including phenoxy) is 2. The van der Waals surface area contributed by atoms with Crippen LogP contribution >= 0.6 is 11.6 Å². The van der Waals surface area contributed by atoms with Gasteiger partial charge in [-0.05, 0) is 68.2 Å². The van der Waals surface area contributed by atoms with Crippen LogP contribution < -0.4 is 9.47 Å². The van der Waals surface area contributed by atoms with Crippen molar-refractivity contribution in [1.29, 1.82) is 0 Å². The first kappa shape index (κ1) is 24.3. The van der Waals surface area contributed by atoms with Crippen LogP contribution in [0.25, 0.3) is 16.5 Å². The van der Waals surface area contributed by atoms with Crippen LogP contribution in [0.3, 0.4) is 0 Å². The Hall–Kier alpha value is -3.42. The Labute approximate surface area is 215 Å². The van der Waals surface area contributed by atoms with Gasteiger partial charge in [-0.2, -0.15) is 4.98 Å². The lowest BCUT2D eigenvalue weighted by Gasteiger charge is -2.36. The second kappa shape index (κ2) is 9.56. The van der Waals surface area contributed by atoms with Crippen molar-refractivity contribution in [3.63, 3.8) is 0 Å². The molecule has 0 saturated heterocycles. The molecule has 0 amide bonds. The third-order valence-corrected chi connectivity index (χ3v) is 7.01. The van der Waals surface area contributed by atoms with Crippen molar-refractivity contribution in [1.82, 2.24) is 20.0 Å². The first-order valence-electron chi connectivity index (χ1n) is 11.9. The summed E-state index contributed by atoms with van der Waals surface area (Å²) in [6.07, 6.45) is 4.12. The van der Waals surface area contributed by atoms with Crippen LogP contribution in [-0.2, 0) is 0 Å². The Kier molecular flexibility index (Phi) is 6.45. The summed E-state index contributed by atoms with van der Waals surface area (Å²) in [5.74, 6) is 0.486. The molecule has 1 aliphatic rings. The van der Waals surface area contributed by atoms with Crippen molar-refractivity contribution in [3.8, 4) is 11.9 Å². The quantitative estimate of drug-likeness (QED) is 0.297. The number of rotatable bonds is 6. The molecule has 2 aromatic carbocycles. The molecule has 2 aromatic heterocycles. The Morgan fingerprint density at radius 2 is 1.81 bits per heavy atom. The molecule has 5 rings (SSSR count). The monoisotopic (exact) mass is 504 g/mol. The van der Waals surface area contributed by atoms with Crippen LogP contribution in [0.4, 0.5) is 0 Å². The highest BCUT2D eigenvalue weighted by molar-refractivity contribution is 6.30. The van der Waals surface area contributed by atoms with E-state index in [1.54, 1.807) is 20.4 Å². The van der Waals surface area contributed by atoms with Crippen LogP contribution in [0.5, 0.6) is 11.9 Å². The van der Waals surface area contributed by atoms with Gasteiger partial charge in [0.25, 0.3) is 0 Å². The molecule has 2 atom stereocenters. The SMILES string of the molecule is COc1ncc(C2C(c3ccc(Cl)cc3)=CC(c3cc(C)c4onc(C)c4c3)N2C(C)C)c(OC)n1. The van der Waals surface area contributed by atoms with E-state index in [0.29, 0.717) is 10.9 Å². The van der Waals surface area contributed by atoms with Gasteiger partial charge in [0.1, 0.15) is 0 Å². The third-order valence-electron chi connectivity index (χ3n) is 6.76. The van der Waals surface area contributed by atoms with Gasteiger partial charge < -0.3 is 14.0 Å². The molecule has 2 unspecified atom stereocenters. The highest BCUT2D eigenvalue weighted by Gasteiger charge is 2.41. The Morgan fingerprint density at radius 1 is 1.06 bits per heavy atom. The van der Waals surface area contributed by atoms with Crippen LogP contribution in [0.1, 0.15) is 53.9 Å². The number of fused-ring (bicyclic) bond motifs is 1. The molecule has 3 heterocycles. The first-order chi connectivity index (χ1) is 17.3. The molecule has 0 bridgehead atoms. The van der Waals surface area contributed by atoms with Crippen LogP contribution in [0, 0.1) is 13.8 Å². The second-order valence-corrected chi connectivity index (χ2v) is 9.76. The second-order valence-electron chi connectivity index (χ2n) is 9.32. The van der Waals surface area contributed by atoms with Gasteiger partial charge in [0.05, 0.1) is 37.6 Å². The largest absolute Gasteiger partial charge is 0.481 e. The highest BCUT2D eigenvalue weighted by atomic mass is 35.5. The maximum Gasteiger partial charge on any atom is 0.319 e. The lowest BCUT2D eigenvalue weighted by atomic mass is 9.95. The van der Waals surface area contributed by atoms with Crippen molar-refractivity contribution < 1.29 is 14.0 Å². The van der Waals surface area contributed by atoms with E-state index in [4.69, 9.17) is 25.6 Å². The van der Waals surface area contributed by atoms with Crippen molar-refractivity contribution in [3.05, 3.63) is 81.6 Å². The molecule has 8 heteroatoms. The average molecular weight is 505 g/mol. The van der Waals surface area contributed by atoms with Gasteiger partial charge in [-0.15, -0.1) is 0 Å². The lowest BCUT2D eigenvalue weighted by molar-refractivity contribution is 0.163. The van der Waals surface area contributed by atoms with Gasteiger partial charge in [0, 0.05) is 22.6 Å². The summed E-state index contributed by atoms with van der Waals surface area (Å²) in [4.78, 5) is 11.4. The molecule has 7 nitrogen and oxygen atoms in total. The Balaban J connectivity index is 1.73. The molecular weight excluding hydrogens is 476 g/mol. The number of halogens is 1. The maximum atomic E-state index is 6.23. The van der Waals surface area contributed by atoms with E-state index >= 15 is 0 Å². The number of nitrogens with zero attached hydrogens (tertiary/aromatic N) is 4. The molecule has 0 aliphatic carbocycles. The van der Waals surface area contributed by atoms with Gasteiger partial charge in [0.2, 0.25) is 5.88 Å². The topological polar surface area (TPSA) is 73.5 Å². The van der Waals surface area contributed by atoms with E-state index in [9.17, 15) is 0 Å². The Bertz CT molecular complexity index is 1450. The predicted octanol–water partition coefficient (Wildman–Crippen LogP) is 6.50. The highest BCUT2D eigenvalue weighted by Crippen LogP contribution is 2.51. The molecule has 1 aliphatic heterocycles. The molecule has 4 aromatic rings. The van der Waals surface area contributed by atoms with Crippen LogP contribution in [0.2, 0.25) is 5.02 Å². The fourth-order valence-electron chi connectivity index (χ4n) is 5.12. The van der Waals surface area contributed by atoms with Crippen molar-refractivity contribution >= 4 is 28.1 Å². The van der Waals surface area contributed by atoms with E-state index in [1.807, 2.05) is 19.1 Å². The average Bonchev–Trinajstić information content (AvgIpc) is 3.45. The van der Waals surface area contributed by atoms with Gasteiger partial charge in [0.15, 0.2) is 5.58 Å². The summed E-state index contributed by atoms with van der Waals surface area (Å²) in [5, 5.41) is 5.92. The first-order valence-corrected chi connectivity index (χ1v) is 12.3. The van der Waals surface area contributed by atoms with Crippen LogP contribution in [0.15, 0.2) is 53.2 Å². The minimum atomic E-state index is -0.156. The van der Waals surface area contributed by atoms with Crippen LogP contribution in [-0.4, -0.2) is 40.3 Å². The van der Waals surface area contributed by atoms with Crippen molar-refractivity contribution in [2.75, 3.05) is 14.2 Å². The zero-order chi connectivity index (χ0) is 25.6. The van der Waals surface area contributed by atoms with E-state index in [2.05, 4.69) is 71.1 Å². The minimum Gasteiger partial charge on any atom is -0.481 e. The molecule has 186 valence electrons. The van der Waals surface area contributed by atoms with Gasteiger partial charge in [-0.1, -0.05) is 41.0 Å². The lowest BCUT2D eigenvalue weighted by Crippen LogP contribution is -2.34. The third kappa shape index (κ3) is 4.12. The predicted molar refractivity (Wildman–Crippen MR) is 141 cm³/mol. The van der Waals surface area contributed by atoms with Crippen molar-refractivity contribution in [2.45, 2.75) is 45.8 Å². The summed E-state index contributed by atoms with van der Waals surface area (Å²) in [5.41, 5.74) is 7.02. The summed E-state index contributed by atoms with van der Waals surface area (Å²) in [6, 6.07) is 12.6. The number of aryl methyl sites for hydroxylation is 2. The normalized spacial score (nSPS) is 18.2. The smallest absolute Gasteiger partial charge is 0.319 e. The zero-order valence-corrected chi connectivity index (χ0v) is 22.0. The van der Waals surface area contributed by atoms with Crippen molar-refractivity contribution in [2.24, 2.45) is 0 Å². The number of benzene rings is 2. The molecule has 36 heavy (non-hydrogen) atoms. The minimum absolute atomic E-state index is 0.00936. The molecule has 0 saturated carbocycles.